The molecule has 6 heteroatoms. The lowest BCUT2D eigenvalue weighted by molar-refractivity contribution is -0.117. The fraction of sp³-hybridized carbons (Fsp3) is 0.800. The van der Waals surface area contributed by atoms with E-state index in [-0.39, 0.29) is 6.61 Å². The van der Waals surface area contributed by atoms with Crippen molar-refractivity contribution in [2.24, 2.45) is 11.5 Å². The largest absolute Gasteiger partial charge is 0.395 e. The van der Waals surface area contributed by atoms with Crippen molar-refractivity contribution in [3.05, 3.63) is 0 Å². The van der Waals surface area contributed by atoms with Gasteiger partial charge in [-0.3, -0.25) is 10.1 Å². The van der Waals surface area contributed by atoms with E-state index in [1.165, 1.54) is 0 Å². The molecule has 0 aromatic rings. The molecule has 0 aliphatic heterocycles. The summed E-state index contributed by atoms with van der Waals surface area (Å²) in [5.41, 5.74) is 10.5. The molecule has 0 radical (unpaired) electrons. The fourth-order valence-corrected chi connectivity index (χ4v) is 0.766. The van der Waals surface area contributed by atoms with Gasteiger partial charge in [-0.25, -0.2) is 0 Å². The van der Waals surface area contributed by atoms with Crippen molar-refractivity contribution in [3.63, 3.8) is 0 Å². The lowest BCUT2D eigenvalue weighted by atomic mass is 10.3. The molecule has 0 saturated heterocycles. The molecular formula is C5H12IN3O2. The van der Waals surface area contributed by atoms with Crippen molar-refractivity contribution in [3.8, 4) is 0 Å². The molecule has 6 N–H and O–H groups in total. The van der Waals surface area contributed by atoms with Gasteiger partial charge in [-0.2, -0.15) is 0 Å². The number of carbonyl (C=O) groups excluding carboxylic acids is 1. The van der Waals surface area contributed by atoms with Crippen LogP contribution < -0.4 is 16.8 Å². The number of nitrogens with two attached hydrogens (primary N) is 2. The Labute approximate surface area is 78.6 Å². The minimum Gasteiger partial charge on any atom is -0.395 e. The van der Waals surface area contributed by atoms with E-state index in [0.29, 0.717) is 6.54 Å². The fourth-order valence-electron chi connectivity index (χ4n) is 0.512. The maximum atomic E-state index is 10.5. The molecule has 0 saturated carbocycles. The first-order valence-corrected chi connectivity index (χ1v) is 4.37. The van der Waals surface area contributed by atoms with Gasteiger partial charge in [0, 0.05) is 6.54 Å². The Morgan fingerprint density at radius 3 is 2.64 bits per heavy atom. The third-order valence-electron chi connectivity index (χ3n) is 1.08. The van der Waals surface area contributed by atoms with Gasteiger partial charge in [-0.05, 0) is 0 Å². The number of aliphatic hydroxyl groups is 1. The van der Waals surface area contributed by atoms with Crippen molar-refractivity contribution in [2.45, 2.75) is 10.1 Å². The van der Waals surface area contributed by atoms with Crippen LogP contribution in [0.3, 0.4) is 0 Å². The van der Waals surface area contributed by atoms with Crippen LogP contribution in [0.4, 0.5) is 0 Å². The molecule has 11 heavy (non-hydrogen) atoms. The molecule has 5 nitrogen and oxygen atoms in total. The third kappa shape index (κ3) is 4.51. The summed E-state index contributed by atoms with van der Waals surface area (Å²) < 4.78 is -0.445. The third-order valence-corrected chi connectivity index (χ3v) is 2.47. The van der Waals surface area contributed by atoms with Crippen molar-refractivity contribution in [1.29, 1.82) is 0 Å². The van der Waals surface area contributed by atoms with Crippen molar-refractivity contribution < 1.29 is 9.90 Å². The van der Waals surface area contributed by atoms with Gasteiger partial charge in [0.2, 0.25) is 5.91 Å². The molecule has 0 spiro atoms. The number of halogens is 1. The Bertz CT molecular complexity index is 133. The zero-order valence-electron chi connectivity index (χ0n) is 5.96. The second-order valence-corrected chi connectivity index (χ2v) is 3.35. The maximum Gasteiger partial charge on any atom is 0.233 e. The standard InChI is InChI=1S/C5H12IN3O2/c6-3(5(8)11)4(7)9-1-2-10/h3-4,9-10H,1-2,7H2,(H2,8,11). The maximum absolute atomic E-state index is 10.5. The molecular weight excluding hydrogens is 261 g/mol. The number of nitrogens with one attached hydrogen (secondary N) is 1. The molecule has 1 amide bonds. The molecule has 2 atom stereocenters. The molecule has 0 fully saturated rings. The van der Waals surface area contributed by atoms with Crippen LogP contribution in [0, 0.1) is 0 Å². The minimum atomic E-state index is -0.486. The minimum absolute atomic E-state index is 0.00414. The smallest absolute Gasteiger partial charge is 0.233 e. The van der Waals surface area contributed by atoms with Crippen molar-refractivity contribution in [2.75, 3.05) is 13.2 Å². The highest BCUT2D eigenvalue weighted by atomic mass is 127. The monoisotopic (exact) mass is 273 g/mol. The van der Waals surface area contributed by atoms with Crippen LogP contribution in [0.15, 0.2) is 0 Å². The molecule has 0 aromatic heterocycles. The number of rotatable bonds is 5. The number of primary amides is 1. The number of hydrogen-bond acceptors (Lipinski definition) is 4. The topological polar surface area (TPSA) is 101 Å². The quantitative estimate of drug-likeness (QED) is 0.268. The van der Waals surface area contributed by atoms with E-state index in [1.54, 1.807) is 0 Å². The van der Waals surface area contributed by atoms with E-state index in [0.717, 1.165) is 0 Å². The second kappa shape index (κ2) is 5.70. The highest BCUT2D eigenvalue weighted by Gasteiger charge is 2.18. The Kier molecular flexibility index (Phi) is 5.74. The molecule has 0 aromatic carbocycles. The van der Waals surface area contributed by atoms with Crippen LogP contribution in [-0.2, 0) is 4.79 Å². The van der Waals surface area contributed by atoms with E-state index in [2.05, 4.69) is 5.32 Å². The number of hydrogen-bond donors (Lipinski definition) is 4. The van der Waals surface area contributed by atoms with Gasteiger partial charge >= 0.3 is 0 Å². The first-order chi connectivity index (χ1) is 5.09. The average molecular weight is 273 g/mol. The summed E-state index contributed by atoms with van der Waals surface area (Å²) in [5, 5.41) is 11.1. The Morgan fingerprint density at radius 2 is 2.27 bits per heavy atom. The Hall–Kier alpha value is 0.0800. The van der Waals surface area contributed by atoms with Gasteiger partial charge in [0.25, 0.3) is 0 Å². The normalized spacial score (nSPS) is 15.9. The van der Waals surface area contributed by atoms with Gasteiger partial charge in [0.1, 0.15) is 3.92 Å². The van der Waals surface area contributed by atoms with Crippen LogP contribution in [0.5, 0.6) is 0 Å². The summed E-state index contributed by atoms with van der Waals surface area (Å²) in [6, 6.07) is 0. The lowest BCUT2D eigenvalue weighted by Gasteiger charge is -2.15. The zero-order chi connectivity index (χ0) is 8.85. The van der Waals surface area contributed by atoms with E-state index in [4.69, 9.17) is 16.6 Å². The summed E-state index contributed by atoms with van der Waals surface area (Å²) in [5.74, 6) is -0.455. The van der Waals surface area contributed by atoms with Crippen LogP contribution in [0.1, 0.15) is 0 Å². The molecule has 0 heterocycles. The van der Waals surface area contributed by atoms with E-state index in [9.17, 15) is 4.79 Å². The summed E-state index contributed by atoms with van der Waals surface area (Å²) >= 11 is 1.85. The summed E-state index contributed by atoms with van der Waals surface area (Å²) in [6.45, 7) is 0.365. The molecule has 2 unspecified atom stereocenters. The highest BCUT2D eigenvalue weighted by Crippen LogP contribution is 2.00. The summed E-state index contributed by atoms with van der Waals surface area (Å²) in [6.07, 6.45) is -0.486. The van der Waals surface area contributed by atoms with E-state index in [1.807, 2.05) is 22.6 Å². The number of alkyl halides is 1. The predicted molar refractivity (Wildman–Crippen MR) is 50.1 cm³/mol. The predicted octanol–water partition coefficient (Wildman–Crippen LogP) is -1.86. The lowest BCUT2D eigenvalue weighted by Crippen LogP contribution is -2.50. The molecule has 0 bridgehead atoms. The average Bonchev–Trinajstić information content (AvgIpc) is 1.98. The van der Waals surface area contributed by atoms with Crippen LogP contribution in [0.25, 0.3) is 0 Å². The Balaban J connectivity index is 3.63. The number of carbonyl (C=O) groups is 1. The SMILES string of the molecule is NC(=O)C(I)C(N)NCCO. The van der Waals surface area contributed by atoms with Crippen molar-refractivity contribution >= 4 is 28.5 Å². The van der Waals surface area contributed by atoms with E-state index < -0.39 is 16.0 Å². The summed E-state index contributed by atoms with van der Waals surface area (Å²) in [4.78, 5) is 10.5. The van der Waals surface area contributed by atoms with Gasteiger partial charge in [0.15, 0.2) is 0 Å². The molecule has 66 valence electrons. The van der Waals surface area contributed by atoms with Crippen LogP contribution >= 0.6 is 22.6 Å². The van der Waals surface area contributed by atoms with Crippen LogP contribution in [-0.4, -0.2) is 34.3 Å². The number of amides is 1. The molecule has 0 aliphatic rings. The van der Waals surface area contributed by atoms with Gasteiger partial charge in [-0.15, -0.1) is 0 Å². The first-order valence-electron chi connectivity index (χ1n) is 3.12. The molecule has 0 aliphatic carbocycles. The first kappa shape index (κ1) is 11.1. The van der Waals surface area contributed by atoms with Gasteiger partial charge < -0.3 is 16.6 Å². The highest BCUT2D eigenvalue weighted by molar-refractivity contribution is 14.1. The Morgan fingerprint density at radius 1 is 1.73 bits per heavy atom. The summed E-state index contributed by atoms with van der Waals surface area (Å²) in [7, 11) is 0. The van der Waals surface area contributed by atoms with Crippen LogP contribution in [0.2, 0.25) is 0 Å². The second-order valence-electron chi connectivity index (χ2n) is 2.01. The number of aliphatic hydroxyl groups excluding tert-OH is 1. The van der Waals surface area contributed by atoms with Gasteiger partial charge in [-0.1, -0.05) is 22.6 Å². The zero-order valence-corrected chi connectivity index (χ0v) is 8.11. The molecule has 0 rings (SSSR count). The van der Waals surface area contributed by atoms with Gasteiger partial charge in [0.05, 0.1) is 12.8 Å². The van der Waals surface area contributed by atoms with E-state index >= 15 is 0 Å². The van der Waals surface area contributed by atoms with Crippen molar-refractivity contribution in [1.82, 2.24) is 5.32 Å².